The van der Waals surface area contributed by atoms with E-state index in [0.717, 1.165) is 10.1 Å². The van der Waals surface area contributed by atoms with Crippen molar-refractivity contribution in [3.8, 4) is 0 Å². The average molecular weight is 655 g/mol. The molecule has 4 aromatic carbocycles. The number of ether oxygens (including phenoxy) is 4. The summed E-state index contributed by atoms with van der Waals surface area (Å²) in [4.78, 5) is 51.1. The van der Waals surface area contributed by atoms with Gasteiger partial charge in [0, 0.05) is 11.1 Å². The van der Waals surface area contributed by atoms with E-state index in [1.807, 2.05) is 12.1 Å². The van der Waals surface area contributed by atoms with Gasteiger partial charge in [0.2, 0.25) is 10.8 Å². The van der Waals surface area contributed by atoms with Crippen LogP contribution in [0.2, 0.25) is 0 Å². The number of esters is 4. The Kier molecular flexibility index (Phi) is 9.50. The molecule has 0 spiro atoms. The predicted octanol–water partition coefficient (Wildman–Crippen LogP) is 4.44. The predicted molar refractivity (Wildman–Crippen MR) is 171 cm³/mol. The highest BCUT2D eigenvalue weighted by Crippen LogP contribution is 2.54. The molecule has 48 heavy (non-hydrogen) atoms. The Balaban J connectivity index is 0.000000188. The molecular weight excluding hydrogens is 620 g/mol. The molecule has 12 heteroatoms. The smallest absolute Gasteiger partial charge is 0.330 e. The minimum absolute atomic E-state index is 0.347. The van der Waals surface area contributed by atoms with Gasteiger partial charge >= 0.3 is 23.9 Å². The van der Waals surface area contributed by atoms with E-state index < -0.39 is 46.8 Å². The molecule has 2 heterocycles. The van der Waals surface area contributed by atoms with Gasteiger partial charge in [-0.3, -0.25) is 29.6 Å². The molecule has 0 saturated carbocycles. The van der Waals surface area contributed by atoms with Crippen molar-refractivity contribution in [1.82, 2.24) is 0 Å². The molecule has 12 nitrogen and oxygen atoms in total. The molecule has 0 saturated heterocycles. The van der Waals surface area contributed by atoms with Crippen LogP contribution < -0.4 is 10.1 Å². The summed E-state index contributed by atoms with van der Waals surface area (Å²) in [6.07, 6.45) is 0. The third-order valence-electron chi connectivity index (χ3n) is 8.72. The Morgan fingerprint density at radius 2 is 0.750 bits per heavy atom. The van der Waals surface area contributed by atoms with Gasteiger partial charge in [0.05, 0.1) is 39.8 Å². The lowest BCUT2D eigenvalue weighted by Gasteiger charge is -2.32. The number of hydrogen-bond acceptors (Lipinski definition) is 12. The molecule has 2 aliphatic heterocycles. The fourth-order valence-electron chi connectivity index (χ4n) is 6.70. The summed E-state index contributed by atoms with van der Waals surface area (Å²) in [5.74, 6) is -3.14. The number of hydroxylamine groups is 2. The van der Waals surface area contributed by atoms with Crippen molar-refractivity contribution in [1.29, 1.82) is 0 Å². The minimum Gasteiger partial charge on any atom is -0.468 e. The molecule has 2 atom stereocenters. The molecule has 2 N–H and O–H groups in total. The van der Waals surface area contributed by atoms with Crippen molar-refractivity contribution in [2.75, 3.05) is 38.6 Å². The van der Waals surface area contributed by atoms with Crippen molar-refractivity contribution < 1.29 is 48.5 Å². The maximum absolute atomic E-state index is 12.8. The van der Waals surface area contributed by atoms with E-state index in [9.17, 15) is 29.6 Å². The second kappa shape index (κ2) is 13.6. The molecule has 0 aromatic heterocycles. The molecule has 4 aromatic rings. The zero-order valence-corrected chi connectivity index (χ0v) is 26.6. The normalized spacial score (nSPS) is 18.0. The summed E-state index contributed by atoms with van der Waals surface area (Å²) < 4.78 is 19.8. The fourth-order valence-corrected chi connectivity index (χ4v) is 6.70. The summed E-state index contributed by atoms with van der Waals surface area (Å²) in [6.45, 7) is 0. The van der Waals surface area contributed by atoms with Gasteiger partial charge in [-0.15, -0.1) is 0 Å². The van der Waals surface area contributed by atoms with E-state index in [1.54, 1.807) is 97.1 Å². The monoisotopic (exact) mass is 654 g/mol. The Morgan fingerprint density at radius 3 is 1.04 bits per heavy atom. The van der Waals surface area contributed by atoms with Crippen molar-refractivity contribution >= 4 is 35.3 Å². The van der Waals surface area contributed by atoms with Crippen molar-refractivity contribution in [3.05, 3.63) is 131 Å². The summed E-state index contributed by atoms with van der Waals surface area (Å²) in [5.41, 5.74) is -1.02. The van der Waals surface area contributed by atoms with Gasteiger partial charge in [0.15, 0.2) is 0 Å². The number of benzene rings is 4. The van der Waals surface area contributed by atoms with E-state index in [4.69, 9.17) is 18.9 Å². The quantitative estimate of drug-likeness (QED) is 0.172. The summed E-state index contributed by atoms with van der Waals surface area (Å²) in [5, 5.41) is 23.3. The number of hydrogen-bond donors (Lipinski definition) is 2. The van der Waals surface area contributed by atoms with Crippen LogP contribution in [0.25, 0.3) is 0 Å². The third kappa shape index (κ3) is 4.93. The summed E-state index contributed by atoms with van der Waals surface area (Å²) in [7, 11) is 4.82. The summed E-state index contributed by atoms with van der Waals surface area (Å²) >= 11 is 0. The second-order valence-corrected chi connectivity index (χ2v) is 10.9. The zero-order chi connectivity index (χ0) is 34.6. The van der Waals surface area contributed by atoms with E-state index in [1.165, 1.54) is 28.4 Å². The molecular formula is C36H34N2O10. The minimum atomic E-state index is -1.81. The fraction of sp³-hybridized carbons (Fsp3) is 0.222. The number of para-hydroxylation sites is 2. The lowest BCUT2D eigenvalue weighted by molar-refractivity contribution is -0.165. The second-order valence-electron chi connectivity index (χ2n) is 10.9. The number of rotatable bonds is 6. The molecule has 0 fully saturated rings. The first-order valence-corrected chi connectivity index (χ1v) is 14.8. The van der Waals surface area contributed by atoms with Crippen LogP contribution >= 0.6 is 0 Å². The highest BCUT2D eigenvalue weighted by Gasteiger charge is 2.65. The first-order valence-electron chi connectivity index (χ1n) is 14.8. The molecule has 248 valence electrons. The number of carbonyl (C=O) groups is 4. The van der Waals surface area contributed by atoms with Crippen LogP contribution in [0, 0.1) is 0 Å². The standard InChI is InChI=1S/2C18H17NO5/c2*1-23-16(20)18(17(21)24-2)13-10-6-7-11-14(13)19(22)15(18)12-8-4-3-5-9-12/h2*3-11,15,22H,1-2H3/t2*15-/m11/s1. The summed E-state index contributed by atoms with van der Waals surface area (Å²) in [6, 6.07) is 29.0. The number of carbonyl (C=O) groups excluding carboxylic acids is 4. The molecule has 2 aliphatic rings. The third-order valence-corrected chi connectivity index (χ3v) is 8.72. The maximum Gasteiger partial charge on any atom is 0.330 e. The van der Waals surface area contributed by atoms with Crippen LogP contribution in [0.3, 0.4) is 0 Å². The van der Waals surface area contributed by atoms with E-state index in [0.29, 0.717) is 33.6 Å². The van der Waals surface area contributed by atoms with Gasteiger partial charge in [0.25, 0.3) is 0 Å². The van der Waals surface area contributed by atoms with Gasteiger partial charge < -0.3 is 18.9 Å². The number of fused-ring (bicyclic) bond motifs is 2. The van der Waals surface area contributed by atoms with Crippen molar-refractivity contribution in [2.24, 2.45) is 0 Å². The van der Waals surface area contributed by atoms with Crippen molar-refractivity contribution in [2.45, 2.75) is 22.9 Å². The Hall–Kier alpha value is -5.72. The SMILES string of the molecule is COC(=O)C1(C(=O)OC)c2ccccc2N(O)[C@@H]1c1ccccc1.COC(=O)C1(C(=O)OC)c2ccccc2N(O)[C@@H]1c1ccccc1. The van der Waals surface area contributed by atoms with Gasteiger partial charge in [-0.2, -0.15) is 0 Å². The number of methoxy groups -OCH3 is 4. The number of anilines is 2. The highest BCUT2D eigenvalue weighted by molar-refractivity contribution is 6.11. The highest BCUT2D eigenvalue weighted by atomic mass is 16.6. The molecule has 0 unspecified atom stereocenters. The van der Waals surface area contributed by atoms with Crippen LogP contribution in [0.1, 0.15) is 34.3 Å². The van der Waals surface area contributed by atoms with Gasteiger partial charge in [-0.05, 0) is 23.3 Å². The molecule has 0 radical (unpaired) electrons. The van der Waals surface area contributed by atoms with Gasteiger partial charge in [0.1, 0.15) is 12.1 Å². The van der Waals surface area contributed by atoms with Crippen LogP contribution in [0.4, 0.5) is 11.4 Å². The first-order chi connectivity index (χ1) is 23.2. The maximum atomic E-state index is 12.8. The first kappa shape index (κ1) is 33.6. The van der Waals surface area contributed by atoms with Gasteiger partial charge in [-0.1, -0.05) is 97.1 Å². The lowest BCUT2D eigenvalue weighted by atomic mass is 9.74. The molecule has 0 aliphatic carbocycles. The Labute approximate surface area is 276 Å². The Bertz CT molecular complexity index is 1650. The Morgan fingerprint density at radius 1 is 0.479 bits per heavy atom. The van der Waals surface area contributed by atoms with Gasteiger partial charge in [-0.25, -0.2) is 10.1 Å². The van der Waals surface area contributed by atoms with Crippen LogP contribution in [0.15, 0.2) is 109 Å². The largest absolute Gasteiger partial charge is 0.468 e. The van der Waals surface area contributed by atoms with Crippen LogP contribution in [-0.4, -0.2) is 62.7 Å². The van der Waals surface area contributed by atoms with E-state index >= 15 is 0 Å². The molecule has 6 rings (SSSR count). The topological polar surface area (TPSA) is 152 Å². The van der Waals surface area contributed by atoms with Crippen LogP contribution in [-0.2, 0) is 49.0 Å². The lowest BCUT2D eigenvalue weighted by Crippen LogP contribution is -2.50. The number of nitrogens with zero attached hydrogens (tertiary/aromatic N) is 2. The molecule has 0 amide bonds. The average Bonchev–Trinajstić information content (AvgIpc) is 3.57. The molecule has 0 bridgehead atoms. The van der Waals surface area contributed by atoms with Crippen LogP contribution in [0.5, 0.6) is 0 Å². The zero-order valence-electron chi connectivity index (χ0n) is 26.6. The van der Waals surface area contributed by atoms with E-state index in [2.05, 4.69) is 0 Å². The van der Waals surface area contributed by atoms with Crippen molar-refractivity contribution in [3.63, 3.8) is 0 Å². The van der Waals surface area contributed by atoms with E-state index in [-0.39, 0.29) is 0 Å².